The molecule has 3 aliphatic rings. The average molecular weight is 278 g/mol. The van der Waals surface area contributed by atoms with Gasteiger partial charge in [0.1, 0.15) is 5.60 Å². The molecule has 20 heavy (non-hydrogen) atoms. The zero-order chi connectivity index (χ0) is 14.4. The molecule has 0 spiro atoms. The molecule has 3 fully saturated rings. The van der Waals surface area contributed by atoms with Crippen molar-refractivity contribution >= 4 is 5.78 Å². The number of hydrogen-bond acceptors (Lipinski definition) is 2. The maximum atomic E-state index is 12.9. The highest BCUT2D eigenvalue weighted by Crippen LogP contribution is 2.51. The van der Waals surface area contributed by atoms with Gasteiger partial charge < -0.3 is 4.74 Å². The Kier molecular flexibility index (Phi) is 3.73. The van der Waals surface area contributed by atoms with Crippen molar-refractivity contribution in [1.29, 1.82) is 0 Å². The molecule has 114 valence electrons. The molecule has 3 unspecified atom stereocenters. The monoisotopic (exact) mass is 278 g/mol. The Bertz CT molecular complexity index is 375. The number of ether oxygens (including phenoxy) is 1. The molecule has 0 N–H and O–H groups in total. The van der Waals surface area contributed by atoms with Crippen molar-refractivity contribution in [1.82, 2.24) is 0 Å². The van der Waals surface area contributed by atoms with Crippen LogP contribution in [0.5, 0.6) is 0 Å². The minimum absolute atomic E-state index is 0.384. The lowest BCUT2D eigenvalue weighted by atomic mass is 9.68. The van der Waals surface area contributed by atoms with Gasteiger partial charge in [-0.2, -0.15) is 0 Å². The van der Waals surface area contributed by atoms with Crippen molar-refractivity contribution in [3.8, 4) is 0 Å². The number of Topliss-reactive ketones (excluding diaryl/α,β-unsaturated/α-hetero) is 1. The molecule has 0 aromatic carbocycles. The van der Waals surface area contributed by atoms with E-state index >= 15 is 0 Å². The highest BCUT2D eigenvalue weighted by atomic mass is 16.5. The SMILES string of the molecule is COC1(C(=O)CC2CC3CCC2C3)CCC(C)(C)CC1. The van der Waals surface area contributed by atoms with E-state index in [1.807, 2.05) is 0 Å². The van der Waals surface area contributed by atoms with Crippen LogP contribution in [0.4, 0.5) is 0 Å². The van der Waals surface area contributed by atoms with Crippen molar-refractivity contribution in [2.45, 2.75) is 77.2 Å². The van der Waals surface area contributed by atoms with Crippen LogP contribution in [0.15, 0.2) is 0 Å². The summed E-state index contributed by atoms with van der Waals surface area (Å²) in [5, 5.41) is 0. The van der Waals surface area contributed by atoms with E-state index in [1.165, 1.54) is 25.7 Å². The minimum Gasteiger partial charge on any atom is -0.370 e. The van der Waals surface area contributed by atoms with E-state index in [1.54, 1.807) is 7.11 Å². The largest absolute Gasteiger partial charge is 0.370 e. The lowest BCUT2D eigenvalue weighted by molar-refractivity contribution is -0.149. The summed E-state index contributed by atoms with van der Waals surface area (Å²) in [6.07, 6.45) is 10.4. The number of carbonyl (C=O) groups excluding carboxylic acids is 1. The Balaban J connectivity index is 1.63. The van der Waals surface area contributed by atoms with Gasteiger partial charge in [0, 0.05) is 13.5 Å². The lowest BCUT2D eigenvalue weighted by Crippen LogP contribution is -2.46. The summed E-state index contributed by atoms with van der Waals surface area (Å²) >= 11 is 0. The summed E-state index contributed by atoms with van der Waals surface area (Å²) in [6, 6.07) is 0. The molecule has 3 aliphatic carbocycles. The first-order valence-corrected chi connectivity index (χ1v) is 8.53. The van der Waals surface area contributed by atoms with Crippen LogP contribution in [0, 0.1) is 23.2 Å². The van der Waals surface area contributed by atoms with Gasteiger partial charge in [0.25, 0.3) is 0 Å². The van der Waals surface area contributed by atoms with Gasteiger partial charge in [0.15, 0.2) is 5.78 Å². The fourth-order valence-electron chi connectivity index (χ4n) is 4.98. The Hall–Kier alpha value is -0.370. The number of carbonyl (C=O) groups is 1. The zero-order valence-corrected chi connectivity index (χ0v) is 13.4. The summed E-state index contributed by atoms with van der Waals surface area (Å²) in [5.74, 6) is 2.86. The molecule has 0 saturated heterocycles. The number of methoxy groups -OCH3 is 1. The number of fused-ring (bicyclic) bond motifs is 2. The zero-order valence-electron chi connectivity index (χ0n) is 13.4. The van der Waals surface area contributed by atoms with Crippen molar-refractivity contribution in [2.75, 3.05) is 7.11 Å². The first-order chi connectivity index (χ1) is 9.44. The maximum absolute atomic E-state index is 12.9. The first-order valence-electron chi connectivity index (χ1n) is 8.53. The minimum atomic E-state index is -0.447. The molecule has 2 bridgehead atoms. The van der Waals surface area contributed by atoms with E-state index in [0.717, 1.165) is 43.9 Å². The molecule has 0 heterocycles. The second kappa shape index (κ2) is 5.12. The molecule has 3 atom stereocenters. The van der Waals surface area contributed by atoms with Crippen molar-refractivity contribution in [3.63, 3.8) is 0 Å². The van der Waals surface area contributed by atoms with Crippen molar-refractivity contribution < 1.29 is 9.53 Å². The summed E-state index contributed by atoms with van der Waals surface area (Å²) in [5.41, 5.74) is -0.0634. The van der Waals surface area contributed by atoms with Gasteiger partial charge in [0.05, 0.1) is 0 Å². The van der Waals surface area contributed by atoms with Gasteiger partial charge in [-0.05, 0) is 68.1 Å². The Morgan fingerprint density at radius 3 is 2.30 bits per heavy atom. The molecular formula is C18H30O2. The van der Waals surface area contributed by atoms with Gasteiger partial charge in [0.2, 0.25) is 0 Å². The van der Waals surface area contributed by atoms with Crippen molar-refractivity contribution in [2.24, 2.45) is 23.2 Å². The first kappa shape index (κ1) is 14.6. The van der Waals surface area contributed by atoms with Crippen LogP contribution in [-0.4, -0.2) is 18.5 Å². The third-order valence-electron chi connectivity index (χ3n) is 6.64. The van der Waals surface area contributed by atoms with E-state index in [-0.39, 0.29) is 0 Å². The van der Waals surface area contributed by atoms with Gasteiger partial charge in [-0.1, -0.05) is 20.3 Å². The third-order valence-corrected chi connectivity index (χ3v) is 6.64. The molecule has 3 saturated carbocycles. The van der Waals surface area contributed by atoms with E-state index in [0.29, 0.717) is 17.1 Å². The van der Waals surface area contributed by atoms with Gasteiger partial charge in [-0.15, -0.1) is 0 Å². The van der Waals surface area contributed by atoms with E-state index in [2.05, 4.69) is 13.8 Å². The van der Waals surface area contributed by atoms with E-state index in [4.69, 9.17) is 4.74 Å². The molecule has 2 heteroatoms. The second-order valence-electron chi connectivity index (χ2n) is 8.42. The number of rotatable bonds is 4. The highest BCUT2D eigenvalue weighted by molar-refractivity contribution is 5.87. The van der Waals surface area contributed by atoms with Crippen LogP contribution in [0.25, 0.3) is 0 Å². The quantitative estimate of drug-likeness (QED) is 0.763. The fourth-order valence-corrected chi connectivity index (χ4v) is 4.98. The lowest BCUT2D eigenvalue weighted by Gasteiger charge is -2.42. The molecule has 0 radical (unpaired) electrons. The van der Waals surface area contributed by atoms with Gasteiger partial charge >= 0.3 is 0 Å². The van der Waals surface area contributed by atoms with Crippen LogP contribution in [0.2, 0.25) is 0 Å². The number of ketones is 1. The Morgan fingerprint density at radius 1 is 1.10 bits per heavy atom. The summed E-state index contributed by atoms with van der Waals surface area (Å²) in [6.45, 7) is 4.62. The molecule has 0 aliphatic heterocycles. The average Bonchev–Trinajstić information content (AvgIpc) is 3.01. The third kappa shape index (κ3) is 2.56. The molecule has 0 aromatic heterocycles. The normalized spacial score (nSPS) is 38.0. The van der Waals surface area contributed by atoms with Gasteiger partial charge in [-0.25, -0.2) is 0 Å². The predicted molar refractivity (Wildman–Crippen MR) is 80.6 cm³/mol. The predicted octanol–water partition coefficient (Wildman–Crippen LogP) is 4.37. The highest BCUT2D eigenvalue weighted by Gasteiger charge is 2.47. The fraction of sp³-hybridized carbons (Fsp3) is 0.944. The van der Waals surface area contributed by atoms with Crippen LogP contribution < -0.4 is 0 Å². The van der Waals surface area contributed by atoms with Gasteiger partial charge in [-0.3, -0.25) is 4.79 Å². The van der Waals surface area contributed by atoms with E-state index < -0.39 is 5.60 Å². The molecule has 0 amide bonds. The molecule has 2 nitrogen and oxygen atoms in total. The topological polar surface area (TPSA) is 26.3 Å². The van der Waals surface area contributed by atoms with Crippen molar-refractivity contribution in [3.05, 3.63) is 0 Å². The Morgan fingerprint density at radius 2 is 1.80 bits per heavy atom. The van der Waals surface area contributed by atoms with Crippen LogP contribution >= 0.6 is 0 Å². The van der Waals surface area contributed by atoms with E-state index in [9.17, 15) is 4.79 Å². The summed E-state index contributed by atoms with van der Waals surface area (Å²) in [4.78, 5) is 12.9. The van der Waals surface area contributed by atoms with Crippen LogP contribution in [0.3, 0.4) is 0 Å². The summed E-state index contributed by atoms with van der Waals surface area (Å²) < 4.78 is 5.77. The second-order valence-corrected chi connectivity index (χ2v) is 8.42. The maximum Gasteiger partial charge on any atom is 0.164 e. The summed E-state index contributed by atoms with van der Waals surface area (Å²) in [7, 11) is 1.75. The molecule has 3 rings (SSSR count). The molecule has 0 aromatic rings. The standard InChI is InChI=1S/C18H30O2/c1-17(2)6-8-18(20-3,9-7-17)16(19)12-15-11-13-4-5-14(15)10-13/h13-15H,4-12H2,1-3H3. The Labute approximate surface area is 123 Å². The van der Waals surface area contributed by atoms with Crippen LogP contribution in [-0.2, 0) is 9.53 Å². The number of hydrogen-bond donors (Lipinski definition) is 0. The smallest absolute Gasteiger partial charge is 0.164 e. The molecular weight excluding hydrogens is 248 g/mol. The van der Waals surface area contributed by atoms with Crippen LogP contribution in [0.1, 0.15) is 71.6 Å².